The van der Waals surface area contributed by atoms with Crippen molar-refractivity contribution in [1.29, 1.82) is 0 Å². The zero-order valence-corrected chi connectivity index (χ0v) is 17.6. The van der Waals surface area contributed by atoms with Gasteiger partial charge in [0.25, 0.3) is 0 Å². The van der Waals surface area contributed by atoms with Gasteiger partial charge >= 0.3 is 6.09 Å². The number of fused-ring (bicyclic) bond motifs is 2. The molecule has 4 nitrogen and oxygen atoms in total. The van der Waals surface area contributed by atoms with Crippen molar-refractivity contribution in [2.24, 2.45) is 0 Å². The van der Waals surface area contributed by atoms with Gasteiger partial charge in [-0.05, 0) is 28.5 Å². The fraction of sp³-hybridized carbons (Fsp3) is 0.450. The first-order chi connectivity index (χ1) is 12.0. The Hall–Kier alpha value is -1.37. The van der Waals surface area contributed by atoms with Crippen LogP contribution in [0.3, 0.4) is 0 Å². The molecule has 0 aliphatic carbocycles. The lowest BCUT2D eigenvalue weighted by atomic mass is 9.98. The highest BCUT2D eigenvalue weighted by molar-refractivity contribution is 7.08. The average Bonchev–Trinajstić information content (AvgIpc) is 3.12. The molecule has 2 unspecified atom stereocenters. The van der Waals surface area contributed by atoms with Gasteiger partial charge in [-0.2, -0.15) is 11.3 Å². The van der Waals surface area contributed by atoms with E-state index in [9.17, 15) is 4.79 Å². The number of hydrogen-bond acceptors (Lipinski definition) is 3. The first-order valence-corrected chi connectivity index (χ1v) is 9.91. The summed E-state index contributed by atoms with van der Waals surface area (Å²) >= 11 is 1.65. The number of anilines is 1. The van der Waals surface area contributed by atoms with Crippen LogP contribution in [0, 0.1) is 0 Å². The van der Waals surface area contributed by atoms with Crippen molar-refractivity contribution in [3.8, 4) is 11.1 Å². The number of hydrogen-bond donors (Lipinski definition) is 1. The second kappa shape index (κ2) is 7.71. The van der Waals surface area contributed by atoms with Crippen LogP contribution in [-0.2, 0) is 4.74 Å². The number of ether oxygens (including phenoxy) is 1. The maximum atomic E-state index is 12.5. The second-order valence-corrected chi connectivity index (χ2v) is 8.48. The molecule has 140 valence electrons. The van der Waals surface area contributed by atoms with E-state index in [2.05, 4.69) is 30.9 Å². The van der Waals surface area contributed by atoms with Crippen LogP contribution in [0.1, 0.15) is 25.7 Å². The highest BCUT2D eigenvalue weighted by Crippen LogP contribution is 2.40. The van der Waals surface area contributed by atoms with Crippen LogP contribution in [0.4, 0.5) is 10.5 Å². The number of benzene rings is 1. The molecule has 3 heterocycles. The number of nitrogens with one attached hydrogen (secondary N) is 1. The summed E-state index contributed by atoms with van der Waals surface area (Å²) in [4.78, 5) is 12.5. The van der Waals surface area contributed by atoms with Crippen molar-refractivity contribution in [3.63, 3.8) is 0 Å². The largest absolute Gasteiger partial charge is 1.00 e. The fourth-order valence-corrected chi connectivity index (χ4v) is 5.14. The monoisotopic (exact) mass is 436 g/mol. The van der Waals surface area contributed by atoms with Crippen LogP contribution in [0.5, 0.6) is 0 Å². The molecule has 1 N–H and O–H groups in total. The van der Waals surface area contributed by atoms with Gasteiger partial charge in [0, 0.05) is 31.2 Å². The minimum atomic E-state index is -0.334. The molecular formula is C20H25BrN2O2S. The van der Waals surface area contributed by atoms with Crippen molar-refractivity contribution >= 4 is 23.1 Å². The average molecular weight is 437 g/mol. The summed E-state index contributed by atoms with van der Waals surface area (Å²) in [5, 5.41) is 7.09. The van der Waals surface area contributed by atoms with E-state index in [1.165, 1.54) is 12.8 Å². The SMILES string of the molecule is C[N+]1(C)C2CCC1CC(OC(=O)Nc1ccccc1-c1ccsc1)C2.[Br-]. The van der Waals surface area contributed by atoms with Crippen LogP contribution in [0.25, 0.3) is 11.1 Å². The highest BCUT2D eigenvalue weighted by Gasteiger charge is 2.49. The van der Waals surface area contributed by atoms with Gasteiger partial charge in [-0.25, -0.2) is 4.79 Å². The van der Waals surface area contributed by atoms with Gasteiger partial charge in [-0.3, -0.25) is 5.32 Å². The van der Waals surface area contributed by atoms with E-state index in [4.69, 9.17) is 4.74 Å². The molecule has 0 radical (unpaired) electrons. The third kappa shape index (κ3) is 3.68. The van der Waals surface area contributed by atoms with E-state index in [0.717, 1.165) is 34.1 Å². The number of rotatable bonds is 3. The lowest BCUT2D eigenvalue weighted by Gasteiger charge is -2.43. The number of halogens is 1. The molecule has 0 spiro atoms. The molecule has 1 aromatic heterocycles. The molecule has 2 fully saturated rings. The van der Waals surface area contributed by atoms with Gasteiger partial charge in [0.05, 0.1) is 31.9 Å². The summed E-state index contributed by atoms with van der Waals surface area (Å²) in [6.07, 6.45) is 4.16. The minimum absolute atomic E-state index is 0. The molecular weight excluding hydrogens is 412 g/mol. The molecule has 1 amide bonds. The number of carbonyl (C=O) groups excluding carboxylic acids is 1. The number of quaternary nitrogens is 1. The summed E-state index contributed by atoms with van der Waals surface area (Å²) in [6, 6.07) is 11.2. The fourth-order valence-electron chi connectivity index (χ4n) is 4.48. The number of nitrogens with zero attached hydrogens (tertiary/aromatic N) is 1. The van der Waals surface area contributed by atoms with Gasteiger partial charge in [0.1, 0.15) is 6.10 Å². The molecule has 2 saturated heterocycles. The molecule has 0 saturated carbocycles. The predicted molar refractivity (Wildman–Crippen MR) is 102 cm³/mol. The number of para-hydroxylation sites is 1. The van der Waals surface area contributed by atoms with Crippen molar-refractivity contribution in [3.05, 3.63) is 41.1 Å². The van der Waals surface area contributed by atoms with E-state index in [1.54, 1.807) is 11.3 Å². The summed E-state index contributed by atoms with van der Waals surface area (Å²) in [5.74, 6) is 0. The predicted octanol–water partition coefficient (Wildman–Crippen LogP) is 1.74. The first kappa shape index (κ1) is 19.4. The van der Waals surface area contributed by atoms with Gasteiger partial charge in [0.2, 0.25) is 0 Å². The van der Waals surface area contributed by atoms with E-state index >= 15 is 0 Å². The van der Waals surface area contributed by atoms with Crippen molar-refractivity contribution in [2.75, 3.05) is 19.4 Å². The summed E-state index contributed by atoms with van der Waals surface area (Å²) in [6.45, 7) is 0. The lowest BCUT2D eigenvalue weighted by molar-refractivity contribution is -0.931. The maximum absolute atomic E-state index is 12.5. The highest BCUT2D eigenvalue weighted by atomic mass is 79.9. The first-order valence-electron chi connectivity index (χ1n) is 8.96. The van der Waals surface area contributed by atoms with Crippen molar-refractivity contribution in [2.45, 2.75) is 43.9 Å². The number of carbonyl (C=O) groups is 1. The molecule has 1 aromatic carbocycles. The van der Waals surface area contributed by atoms with Crippen LogP contribution >= 0.6 is 11.3 Å². The van der Waals surface area contributed by atoms with Gasteiger partial charge < -0.3 is 26.2 Å². The van der Waals surface area contributed by atoms with Crippen LogP contribution in [-0.4, -0.2) is 42.9 Å². The van der Waals surface area contributed by atoms with Crippen LogP contribution in [0.15, 0.2) is 41.1 Å². The zero-order valence-electron chi connectivity index (χ0n) is 15.2. The van der Waals surface area contributed by atoms with Crippen LogP contribution in [0.2, 0.25) is 0 Å². The topological polar surface area (TPSA) is 38.3 Å². The molecule has 2 bridgehead atoms. The molecule has 2 aliphatic heterocycles. The van der Waals surface area contributed by atoms with Gasteiger partial charge in [-0.1, -0.05) is 18.2 Å². The molecule has 4 rings (SSSR count). The Morgan fingerprint density at radius 3 is 2.50 bits per heavy atom. The van der Waals surface area contributed by atoms with Crippen molar-refractivity contribution in [1.82, 2.24) is 0 Å². The second-order valence-electron chi connectivity index (χ2n) is 7.70. The Morgan fingerprint density at radius 1 is 1.15 bits per heavy atom. The van der Waals surface area contributed by atoms with Gasteiger partial charge in [-0.15, -0.1) is 0 Å². The van der Waals surface area contributed by atoms with Crippen molar-refractivity contribution < 1.29 is 31.0 Å². The summed E-state index contributed by atoms with van der Waals surface area (Å²) < 4.78 is 6.87. The van der Waals surface area contributed by atoms with E-state index in [-0.39, 0.29) is 29.2 Å². The third-order valence-corrected chi connectivity index (χ3v) is 6.74. The normalized spacial score (nSPS) is 26.0. The lowest BCUT2D eigenvalue weighted by Crippen LogP contribution is -3.00. The Morgan fingerprint density at radius 2 is 1.85 bits per heavy atom. The maximum Gasteiger partial charge on any atom is 0.411 e. The molecule has 6 heteroatoms. The number of amides is 1. The summed E-state index contributed by atoms with van der Waals surface area (Å²) in [7, 11) is 4.63. The molecule has 2 atom stereocenters. The third-order valence-electron chi connectivity index (χ3n) is 6.05. The molecule has 2 aliphatic rings. The zero-order chi connectivity index (χ0) is 17.4. The van der Waals surface area contributed by atoms with E-state index in [0.29, 0.717) is 12.1 Å². The molecule has 26 heavy (non-hydrogen) atoms. The van der Waals surface area contributed by atoms with Crippen LogP contribution < -0.4 is 22.3 Å². The Balaban J connectivity index is 0.00000196. The minimum Gasteiger partial charge on any atom is -1.00 e. The smallest absolute Gasteiger partial charge is 0.411 e. The van der Waals surface area contributed by atoms with Gasteiger partial charge in [0.15, 0.2) is 0 Å². The Kier molecular flexibility index (Phi) is 5.75. The van der Waals surface area contributed by atoms with E-state index < -0.39 is 0 Å². The number of thiophene rings is 1. The van der Waals surface area contributed by atoms with E-state index in [1.807, 2.05) is 29.6 Å². The Labute approximate surface area is 169 Å². The quantitative estimate of drug-likeness (QED) is 0.744. The standard InChI is InChI=1S/C20H24N2O2S.BrH/c1-22(2)15-7-8-16(22)12-17(11-15)24-20(23)21-19-6-4-3-5-18(19)14-9-10-25-13-14;/h3-6,9-10,13,15-17H,7-8,11-12H2,1-2H3;1H. The Bertz CT molecular complexity index is 747. The number of piperidine rings is 1. The molecule has 2 aromatic rings. The summed E-state index contributed by atoms with van der Waals surface area (Å²) in [5.41, 5.74) is 2.96.